The Labute approximate surface area is 136 Å². The van der Waals surface area contributed by atoms with Gasteiger partial charge in [0.25, 0.3) is 11.8 Å². The van der Waals surface area contributed by atoms with Crippen molar-refractivity contribution in [3.63, 3.8) is 0 Å². The van der Waals surface area contributed by atoms with E-state index in [1.165, 1.54) is 4.90 Å². The number of likely N-dealkylation sites (tertiary alicyclic amines) is 1. The van der Waals surface area contributed by atoms with E-state index < -0.39 is 18.0 Å². The summed E-state index contributed by atoms with van der Waals surface area (Å²) in [6.45, 7) is 1.75. The number of halogens is 3. The van der Waals surface area contributed by atoms with Crippen LogP contribution in [0.15, 0.2) is 28.8 Å². The summed E-state index contributed by atoms with van der Waals surface area (Å²) < 4.78 is 43.6. The summed E-state index contributed by atoms with van der Waals surface area (Å²) in [5, 5.41) is 3.69. The van der Waals surface area contributed by atoms with Gasteiger partial charge in [0.15, 0.2) is 5.82 Å². The minimum atomic E-state index is -4.27. The molecule has 1 fully saturated rings. The minimum Gasteiger partial charge on any atom is -0.338 e. The van der Waals surface area contributed by atoms with E-state index in [4.69, 9.17) is 4.52 Å². The van der Waals surface area contributed by atoms with Gasteiger partial charge in [0, 0.05) is 24.2 Å². The van der Waals surface area contributed by atoms with Crippen LogP contribution in [0.4, 0.5) is 13.2 Å². The molecule has 2 heterocycles. The number of aromatic nitrogens is 2. The second-order valence-electron chi connectivity index (χ2n) is 5.86. The molecule has 0 unspecified atom stereocenters. The lowest BCUT2D eigenvalue weighted by atomic mass is 9.97. The number of amides is 1. The summed E-state index contributed by atoms with van der Waals surface area (Å²) in [7, 11) is 0. The lowest BCUT2D eigenvalue weighted by Crippen LogP contribution is -2.44. The Kier molecular flexibility index (Phi) is 4.29. The third kappa shape index (κ3) is 3.42. The number of hydrogen-bond donors (Lipinski definition) is 0. The van der Waals surface area contributed by atoms with Crippen LogP contribution in [-0.2, 0) is 0 Å². The van der Waals surface area contributed by atoms with Crippen LogP contribution in [0.5, 0.6) is 0 Å². The van der Waals surface area contributed by atoms with Crippen LogP contribution in [0.3, 0.4) is 0 Å². The molecule has 5 nitrogen and oxygen atoms in total. The van der Waals surface area contributed by atoms with Crippen molar-refractivity contribution in [2.45, 2.75) is 25.9 Å². The van der Waals surface area contributed by atoms with Gasteiger partial charge in [-0.15, -0.1) is 0 Å². The minimum absolute atomic E-state index is 0.0722. The normalized spacial score (nSPS) is 18.7. The largest absolute Gasteiger partial charge is 0.393 e. The van der Waals surface area contributed by atoms with Gasteiger partial charge in [0.1, 0.15) is 0 Å². The van der Waals surface area contributed by atoms with Crippen molar-refractivity contribution >= 4 is 5.91 Å². The first kappa shape index (κ1) is 16.5. The average Bonchev–Trinajstić information content (AvgIpc) is 3.00. The van der Waals surface area contributed by atoms with Crippen LogP contribution in [0, 0.1) is 12.8 Å². The van der Waals surface area contributed by atoms with Gasteiger partial charge in [-0.1, -0.05) is 5.16 Å². The summed E-state index contributed by atoms with van der Waals surface area (Å²) >= 11 is 0. The topological polar surface area (TPSA) is 59.2 Å². The van der Waals surface area contributed by atoms with Crippen molar-refractivity contribution in [2.24, 2.45) is 5.92 Å². The van der Waals surface area contributed by atoms with E-state index in [1.54, 1.807) is 31.2 Å². The molecule has 1 aromatic carbocycles. The lowest BCUT2D eigenvalue weighted by Gasteiger charge is -2.33. The van der Waals surface area contributed by atoms with E-state index in [0.717, 1.165) is 0 Å². The monoisotopic (exact) mass is 339 g/mol. The molecule has 1 aliphatic heterocycles. The number of carbonyl (C=O) groups is 1. The Morgan fingerprint density at radius 1 is 1.29 bits per heavy atom. The highest BCUT2D eigenvalue weighted by molar-refractivity contribution is 5.94. The van der Waals surface area contributed by atoms with Crippen molar-refractivity contribution in [2.75, 3.05) is 13.1 Å². The van der Waals surface area contributed by atoms with Gasteiger partial charge >= 0.3 is 6.18 Å². The second-order valence-corrected chi connectivity index (χ2v) is 5.86. The maximum Gasteiger partial charge on any atom is 0.393 e. The van der Waals surface area contributed by atoms with E-state index in [9.17, 15) is 18.0 Å². The number of piperidine rings is 1. The van der Waals surface area contributed by atoms with E-state index in [-0.39, 0.29) is 13.0 Å². The molecular formula is C16H16F3N3O2. The predicted octanol–water partition coefficient (Wildman–Crippen LogP) is 3.46. The molecule has 0 radical (unpaired) electrons. The molecule has 128 valence electrons. The number of alkyl halides is 3. The zero-order valence-electron chi connectivity index (χ0n) is 13.0. The molecule has 0 aliphatic carbocycles. The zero-order valence-corrected chi connectivity index (χ0v) is 13.0. The Bertz CT molecular complexity index is 725. The summed E-state index contributed by atoms with van der Waals surface area (Å²) in [6.07, 6.45) is -3.84. The number of carbonyl (C=O) groups excluding carboxylic acids is 1. The molecule has 0 bridgehead atoms. The van der Waals surface area contributed by atoms with Crippen molar-refractivity contribution in [1.29, 1.82) is 0 Å². The van der Waals surface area contributed by atoms with Crippen LogP contribution in [0.25, 0.3) is 11.5 Å². The molecule has 24 heavy (non-hydrogen) atoms. The maximum absolute atomic E-state index is 12.9. The second kappa shape index (κ2) is 6.26. The van der Waals surface area contributed by atoms with Crippen LogP contribution >= 0.6 is 0 Å². The van der Waals surface area contributed by atoms with Crippen molar-refractivity contribution < 1.29 is 22.5 Å². The molecule has 2 aromatic rings. The first-order valence-corrected chi connectivity index (χ1v) is 7.61. The predicted molar refractivity (Wildman–Crippen MR) is 79.2 cm³/mol. The zero-order chi connectivity index (χ0) is 17.3. The maximum atomic E-state index is 12.9. The number of hydrogen-bond acceptors (Lipinski definition) is 4. The summed E-state index contributed by atoms with van der Waals surface area (Å²) in [5.41, 5.74) is 0.997. The van der Waals surface area contributed by atoms with Crippen LogP contribution in [0.2, 0.25) is 0 Å². The molecule has 0 saturated carbocycles. The Hall–Kier alpha value is -2.38. The van der Waals surface area contributed by atoms with Gasteiger partial charge in [-0.05, 0) is 44.0 Å². The fourth-order valence-corrected chi connectivity index (χ4v) is 2.78. The molecule has 1 aliphatic rings. The molecule has 0 N–H and O–H groups in total. The molecule has 1 saturated heterocycles. The molecule has 0 spiro atoms. The Morgan fingerprint density at radius 2 is 2.00 bits per heavy atom. The highest BCUT2D eigenvalue weighted by Gasteiger charge is 2.42. The fourth-order valence-electron chi connectivity index (χ4n) is 2.78. The molecule has 3 rings (SSSR count). The Balaban J connectivity index is 1.73. The van der Waals surface area contributed by atoms with Gasteiger partial charge in [-0.25, -0.2) is 0 Å². The van der Waals surface area contributed by atoms with Gasteiger partial charge in [0.2, 0.25) is 0 Å². The van der Waals surface area contributed by atoms with Crippen LogP contribution in [0.1, 0.15) is 29.0 Å². The smallest absolute Gasteiger partial charge is 0.338 e. The summed E-state index contributed by atoms with van der Waals surface area (Å²) in [4.78, 5) is 17.8. The van der Waals surface area contributed by atoms with Crippen molar-refractivity contribution in [1.82, 2.24) is 15.0 Å². The van der Waals surface area contributed by atoms with Gasteiger partial charge < -0.3 is 9.42 Å². The first-order valence-electron chi connectivity index (χ1n) is 7.61. The molecule has 1 aromatic heterocycles. The number of benzene rings is 1. The summed E-state index contributed by atoms with van der Waals surface area (Å²) in [5.74, 6) is -1.01. The molecule has 8 heteroatoms. The molecule has 1 amide bonds. The number of aryl methyl sites for hydroxylation is 1. The average molecular weight is 339 g/mol. The Morgan fingerprint density at radius 3 is 2.58 bits per heavy atom. The van der Waals surface area contributed by atoms with Crippen LogP contribution < -0.4 is 0 Å². The van der Waals surface area contributed by atoms with E-state index in [0.29, 0.717) is 35.8 Å². The fraction of sp³-hybridized carbons (Fsp3) is 0.438. The highest BCUT2D eigenvalue weighted by Crippen LogP contribution is 2.33. The highest BCUT2D eigenvalue weighted by atomic mass is 19.4. The third-order valence-corrected chi connectivity index (χ3v) is 4.08. The van der Waals surface area contributed by atoms with E-state index >= 15 is 0 Å². The third-order valence-electron chi connectivity index (χ3n) is 4.08. The van der Waals surface area contributed by atoms with Crippen molar-refractivity contribution in [3.05, 3.63) is 35.7 Å². The van der Waals surface area contributed by atoms with E-state index in [1.807, 2.05) is 0 Å². The van der Waals surface area contributed by atoms with Gasteiger partial charge in [-0.3, -0.25) is 4.79 Å². The molecular weight excluding hydrogens is 323 g/mol. The summed E-state index contributed by atoms with van der Waals surface area (Å²) in [6, 6.07) is 6.42. The van der Waals surface area contributed by atoms with E-state index in [2.05, 4.69) is 10.1 Å². The van der Waals surface area contributed by atoms with Crippen LogP contribution in [-0.4, -0.2) is 40.2 Å². The number of nitrogens with zero attached hydrogens (tertiary/aromatic N) is 3. The SMILES string of the molecule is Cc1noc(-c2ccc(C(=O)N3CCC[C@H](C(F)(F)F)C3)cc2)n1. The number of rotatable bonds is 2. The first-order chi connectivity index (χ1) is 11.3. The van der Waals surface area contributed by atoms with Gasteiger partial charge in [-0.2, -0.15) is 18.2 Å². The lowest BCUT2D eigenvalue weighted by molar-refractivity contribution is -0.184. The quantitative estimate of drug-likeness (QED) is 0.841. The van der Waals surface area contributed by atoms with Crippen molar-refractivity contribution in [3.8, 4) is 11.5 Å². The standard InChI is InChI=1S/C16H16F3N3O2/c1-10-20-14(24-21-10)11-4-6-12(7-5-11)15(23)22-8-2-3-13(9-22)16(17,18)19/h4-7,13H,2-3,8-9H2,1H3/t13-/m0/s1. The molecule has 1 atom stereocenters. The van der Waals surface area contributed by atoms with Gasteiger partial charge in [0.05, 0.1) is 5.92 Å².